The van der Waals surface area contributed by atoms with Gasteiger partial charge in [-0.25, -0.2) is 9.97 Å². The molecular formula is C13H15ClN4OS. The molecule has 0 fully saturated rings. The third-order valence-electron chi connectivity index (χ3n) is 2.56. The summed E-state index contributed by atoms with van der Waals surface area (Å²) in [5, 5.41) is 9.21. The number of nitrogens with one attached hydrogen (secondary N) is 2. The fraction of sp³-hybridized carbons (Fsp3) is 0.308. The smallest absolute Gasteiger partial charge is 0.252 e. The van der Waals surface area contributed by atoms with E-state index in [1.165, 1.54) is 6.20 Å². The van der Waals surface area contributed by atoms with Crippen LogP contribution in [-0.2, 0) is 6.42 Å². The Morgan fingerprint density at radius 1 is 1.45 bits per heavy atom. The number of amides is 1. The van der Waals surface area contributed by atoms with E-state index in [1.54, 1.807) is 23.6 Å². The van der Waals surface area contributed by atoms with Crippen molar-refractivity contribution in [3.63, 3.8) is 0 Å². The maximum absolute atomic E-state index is 11.9. The summed E-state index contributed by atoms with van der Waals surface area (Å²) in [7, 11) is 0. The van der Waals surface area contributed by atoms with E-state index >= 15 is 0 Å². The lowest BCUT2D eigenvalue weighted by molar-refractivity contribution is 0.0954. The highest BCUT2D eigenvalue weighted by Crippen LogP contribution is 2.19. The van der Waals surface area contributed by atoms with E-state index in [9.17, 15) is 4.79 Å². The van der Waals surface area contributed by atoms with Crippen molar-refractivity contribution in [3.8, 4) is 0 Å². The van der Waals surface area contributed by atoms with Gasteiger partial charge >= 0.3 is 0 Å². The van der Waals surface area contributed by atoms with Crippen molar-refractivity contribution < 1.29 is 4.79 Å². The first-order chi connectivity index (χ1) is 9.70. The van der Waals surface area contributed by atoms with Crippen molar-refractivity contribution >= 4 is 34.7 Å². The molecule has 0 aliphatic rings. The van der Waals surface area contributed by atoms with Gasteiger partial charge in [-0.15, -0.1) is 11.3 Å². The molecule has 20 heavy (non-hydrogen) atoms. The third kappa shape index (κ3) is 3.91. The number of carbonyl (C=O) groups excluding carboxylic acids is 1. The number of halogens is 1. The molecule has 0 atom stereocenters. The summed E-state index contributed by atoms with van der Waals surface area (Å²) in [6.07, 6.45) is 3.99. The Morgan fingerprint density at radius 2 is 2.30 bits per heavy atom. The number of anilines is 1. The predicted octanol–water partition coefficient (Wildman–Crippen LogP) is 2.60. The van der Waals surface area contributed by atoms with E-state index in [4.69, 9.17) is 11.6 Å². The van der Waals surface area contributed by atoms with Crippen LogP contribution in [0, 0.1) is 0 Å². The standard InChI is InChI=1S/C13H15ClN4OS/c1-2-15-12-10(14)7-9(8-18-12)13(19)17-4-3-11-16-5-6-20-11/h5-8H,2-4H2,1H3,(H,15,18)(H,17,19). The molecule has 0 unspecified atom stereocenters. The third-order valence-corrected chi connectivity index (χ3v) is 3.68. The number of hydrogen-bond donors (Lipinski definition) is 2. The van der Waals surface area contributed by atoms with Crippen LogP contribution in [0.15, 0.2) is 23.8 Å². The van der Waals surface area contributed by atoms with Crippen LogP contribution in [-0.4, -0.2) is 29.0 Å². The molecule has 5 nitrogen and oxygen atoms in total. The van der Waals surface area contributed by atoms with Gasteiger partial charge in [0.15, 0.2) is 0 Å². The highest BCUT2D eigenvalue weighted by molar-refractivity contribution is 7.09. The van der Waals surface area contributed by atoms with Crippen molar-refractivity contribution in [2.45, 2.75) is 13.3 Å². The van der Waals surface area contributed by atoms with E-state index < -0.39 is 0 Å². The van der Waals surface area contributed by atoms with Crippen molar-refractivity contribution in [1.82, 2.24) is 15.3 Å². The van der Waals surface area contributed by atoms with E-state index in [0.717, 1.165) is 18.0 Å². The molecule has 2 aromatic heterocycles. The van der Waals surface area contributed by atoms with Gasteiger partial charge in [0.25, 0.3) is 5.91 Å². The highest BCUT2D eigenvalue weighted by Gasteiger charge is 2.09. The number of aromatic nitrogens is 2. The number of pyridine rings is 1. The molecular weight excluding hydrogens is 296 g/mol. The maximum atomic E-state index is 11.9. The molecule has 0 aliphatic heterocycles. The quantitative estimate of drug-likeness (QED) is 0.860. The van der Waals surface area contributed by atoms with Gasteiger partial charge in [0.1, 0.15) is 5.82 Å². The molecule has 0 saturated carbocycles. The first-order valence-electron chi connectivity index (χ1n) is 6.26. The lowest BCUT2D eigenvalue weighted by atomic mass is 10.2. The lowest BCUT2D eigenvalue weighted by Crippen LogP contribution is -2.25. The van der Waals surface area contributed by atoms with Crippen LogP contribution in [0.2, 0.25) is 5.02 Å². The van der Waals surface area contributed by atoms with E-state index in [-0.39, 0.29) is 5.91 Å². The van der Waals surface area contributed by atoms with Crippen molar-refractivity contribution in [3.05, 3.63) is 39.4 Å². The summed E-state index contributed by atoms with van der Waals surface area (Å²) in [4.78, 5) is 20.2. The Bertz CT molecular complexity index is 574. The van der Waals surface area contributed by atoms with Gasteiger partial charge in [0.2, 0.25) is 0 Å². The van der Waals surface area contributed by atoms with Gasteiger partial charge in [-0.2, -0.15) is 0 Å². The fourth-order valence-electron chi connectivity index (χ4n) is 1.62. The fourth-order valence-corrected chi connectivity index (χ4v) is 2.47. The summed E-state index contributed by atoms with van der Waals surface area (Å²) in [6.45, 7) is 3.22. The van der Waals surface area contributed by atoms with Crippen LogP contribution >= 0.6 is 22.9 Å². The number of hydrogen-bond acceptors (Lipinski definition) is 5. The van der Waals surface area contributed by atoms with Gasteiger partial charge in [-0.05, 0) is 13.0 Å². The Hall–Kier alpha value is -1.66. The molecule has 0 radical (unpaired) electrons. The average Bonchev–Trinajstić information content (AvgIpc) is 2.94. The molecule has 0 aromatic carbocycles. The molecule has 0 spiro atoms. The normalized spacial score (nSPS) is 10.3. The van der Waals surface area contributed by atoms with Gasteiger partial charge in [0, 0.05) is 37.3 Å². The molecule has 2 rings (SSSR count). The maximum Gasteiger partial charge on any atom is 0.252 e. The minimum Gasteiger partial charge on any atom is -0.369 e. The molecule has 2 N–H and O–H groups in total. The predicted molar refractivity (Wildman–Crippen MR) is 81.6 cm³/mol. The summed E-state index contributed by atoms with van der Waals surface area (Å²) >= 11 is 7.63. The Kier molecular flexibility index (Phi) is 5.31. The van der Waals surface area contributed by atoms with Crippen molar-refractivity contribution in [1.29, 1.82) is 0 Å². The SMILES string of the molecule is CCNc1ncc(C(=O)NCCc2nccs2)cc1Cl. The Morgan fingerprint density at radius 3 is 2.95 bits per heavy atom. The minimum atomic E-state index is -0.181. The summed E-state index contributed by atoms with van der Waals surface area (Å²) < 4.78 is 0. The number of rotatable bonds is 6. The number of carbonyl (C=O) groups is 1. The van der Waals surface area contributed by atoms with Gasteiger partial charge in [0.05, 0.1) is 15.6 Å². The first-order valence-corrected chi connectivity index (χ1v) is 7.52. The summed E-state index contributed by atoms with van der Waals surface area (Å²) in [6, 6.07) is 1.62. The molecule has 7 heteroatoms. The molecule has 0 saturated heterocycles. The summed E-state index contributed by atoms with van der Waals surface area (Å²) in [5.41, 5.74) is 0.454. The molecule has 0 bridgehead atoms. The summed E-state index contributed by atoms with van der Waals surface area (Å²) in [5.74, 6) is 0.410. The molecule has 0 aliphatic carbocycles. The van der Waals surface area contributed by atoms with Crippen LogP contribution in [0.25, 0.3) is 0 Å². The van der Waals surface area contributed by atoms with Crippen LogP contribution in [0.4, 0.5) is 5.82 Å². The topological polar surface area (TPSA) is 66.9 Å². The van der Waals surface area contributed by atoms with Crippen LogP contribution < -0.4 is 10.6 Å². The van der Waals surface area contributed by atoms with Crippen LogP contribution in [0.5, 0.6) is 0 Å². The lowest BCUT2D eigenvalue weighted by Gasteiger charge is -2.07. The van der Waals surface area contributed by atoms with Gasteiger partial charge < -0.3 is 10.6 Å². The number of thiazole rings is 1. The number of nitrogens with zero attached hydrogens (tertiary/aromatic N) is 2. The molecule has 2 heterocycles. The zero-order valence-corrected chi connectivity index (χ0v) is 12.6. The molecule has 2 aromatic rings. The van der Waals surface area contributed by atoms with Crippen molar-refractivity contribution in [2.24, 2.45) is 0 Å². The molecule has 106 valence electrons. The van der Waals surface area contributed by atoms with Gasteiger partial charge in [-0.1, -0.05) is 11.6 Å². The van der Waals surface area contributed by atoms with E-state index in [0.29, 0.717) is 22.9 Å². The van der Waals surface area contributed by atoms with Crippen LogP contribution in [0.1, 0.15) is 22.3 Å². The second-order valence-electron chi connectivity index (χ2n) is 4.02. The zero-order chi connectivity index (χ0) is 14.4. The second kappa shape index (κ2) is 7.21. The van der Waals surface area contributed by atoms with Crippen molar-refractivity contribution in [2.75, 3.05) is 18.4 Å². The van der Waals surface area contributed by atoms with E-state index in [1.807, 2.05) is 12.3 Å². The highest BCUT2D eigenvalue weighted by atomic mass is 35.5. The minimum absolute atomic E-state index is 0.181. The Labute approximate surface area is 126 Å². The van der Waals surface area contributed by atoms with E-state index in [2.05, 4.69) is 20.6 Å². The monoisotopic (exact) mass is 310 g/mol. The second-order valence-corrected chi connectivity index (χ2v) is 5.40. The zero-order valence-electron chi connectivity index (χ0n) is 11.0. The average molecular weight is 311 g/mol. The largest absolute Gasteiger partial charge is 0.369 e. The Balaban J connectivity index is 1.90. The van der Waals surface area contributed by atoms with Crippen LogP contribution in [0.3, 0.4) is 0 Å². The molecule has 1 amide bonds. The van der Waals surface area contributed by atoms with Gasteiger partial charge in [-0.3, -0.25) is 4.79 Å². The first kappa shape index (κ1) is 14.7.